The van der Waals surface area contributed by atoms with E-state index >= 15 is 0 Å². The van der Waals surface area contributed by atoms with Crippen LogP contribution in [0.5, 0.6) is 5.75 Å². The molecule has 0 fully saturated rings. The Labute approximate surface area is 164 Å². The number of carbonyl (C=O) groups excluding carboxylic acids is 1. The molecular formula is C18H12F7N3O2. The molecule has 0 aliphatic carbocycles. The van der Waals surface area contributed by atoms with Gasteiger partial charge in [0.1, 0.15) is 17.2 Å². The number of hydrogen-bond acceptors (Lipinski definition) is 3. The van der Waals surface area contributed by atoms with Crippen LogP contribution in [0.2, 0.25) is 0 Å². The molecular weight excluding hydrogens is 423 g/mol. The fraction of sp³-hybridized carbons (Fsp3) is 0.222. The van der Waals surface area contributed by atoms with Crippen LogP contribution >= 0.6 is 0 Å². The molecule has 0 aliphatic rings. The van der Waals surface area contributed by atoms with E-state index in [0.717, 1.165) is 24.4 Å². The normalized spacial score (nSPS) is 12.2. The number of alkyl halides is 6. The number of hydrogen-bond donors (Lipinski definition) is 1. The largest absolute Gasteiger partial charge is 0.573 e. The Hall–Kier alpha value is -3.31. The van der Waals surface area contributed by atoms with Crippen molar-refractivity contribution in [1.29, 1.82) is 0 Å². The molecule has 12 heteroatoms. The van der Waals surface area contributed by atoms with E-state index in [1.165, 1.54) is 22.6 Å². The van der Waals surface area contributed by atoms with Crippen molar-refractivity contribution in [2.75, 3.05) is 5.32 Å². The zero-order valence-corrected chi connectivity index (χ0v) is 14.8. The standard InChI is InChI=1S/C18H12F7N3O2/c19-11-3-6-13-26-16(27-14(29)7-8-17(20,21)22)15(28(13)9-11)10-1-4-12(5-2-10)30-18(23,24)25/h1-6,9H,7-8H2,(H,27,29). The van der Waals surface area contributed by atoms with Crippen molar-refractivity contribution < 1.29 is 40.3 Å². The van der Waals surface area contributed by atoms with Gasteiger partial charge < -0.3 is 10.1 Å². The highest BCUT2D eigenvalue weighted by atomic mass is 19.4. The first-order valence-electron chi connectivity index (χ1n) is 8.32. The number of benzene rings is 1. The predicted octanol–water partition coefficient (Wildman–Crippen LogP) is 5.32. The number of fused-ring (bicyclic) bond motifs is 1. The Bertz CT molecular complexity index is 1060. The second kappa shape index (κ2) is 7.84. The highest BCUT2D eigenvalue weighted by Gasteiger charge is 2.31. The van der Waals surface area contributed by atoms with E-state index in [-0.39, 0.29) is 22.7 Å². The molecule has 5 nitrogen and oxygen atoms in total. The number of pyridine rings is 1. The number of imidazole rings is 1. The van der Waals surface area contributed by atoms with E-state index in [4.69, 9.17) is 0 Å². The fourth-order valence-electron chi connectivity index (χ4n) is 2.65. The lowest BCUT2D eigenvalue weighted by molar-refractivity contribution is -0.274. The third-order valence-corrected chi connectivity index (χ3v) is 3.84. The van der Waals surface area contributed by atoms with Gasteiger partial charge in [0.15, 0.2) is 5.82 Å². The van der Waals surface area contributed by atoms with E-state index in [0.29, 0.717) is 0 Å². The van der Waals surface area contributed by atoms with Crippen LogP contribution in [0.3, 0.4) is 0 Å². The molecule has 0 saturated carbocycles. The summed E-state index contributed by atoms with van der Waals surface area (Å²) < 4.78 is 92.7. The summed E-state index contributed by atoms with van der Waals surface area (Å²) in [4.78, 5) is 16.0. The maximum Gasteiger partial charge on any atom is 0.573 e. The minimum absolute atomic E-state index is 0.0726. The summed E-state index contributed by atoms with van der Waals surface area (Å²) in [5, 5.41) is 2.24. The van der Waals surface area contributed by atoms with Crippen LogP contribution in [0, 0.1) is 5.82 Å². The smallest absolute Gasteiger partial charge is 0.406 e. The molecule has 1 N–H and O–H groups in total. The molecule has 0 unspecified atom stereocenters. The Morgan fingerprint density at radius 1 is 1.03 bits per heavy atom. The number of amides is 1. The summed E-state index contributed by atoms with van der Waals surface area (Å²) in [5.41, 5.74) is 0.449. The summed E-state index contributed by atoms with van der Waals surface area (Å²) in [7, 11) is 0. The first kappa shape index (κ1) is 21.4. The highest BCUT2D eigenvalue weighted by molar-refractivity contribution is 5.94. The second-order valence-electron chi connectivity index (χ2n) is 6.12. The molecule has 1 aromatic carbocycles. The first-order chi connectivity index (χ1) is 13.9. The van der Waals surface area contributed by atoms with E-state index in [2.05, 4.69) is 15.0 Å². The molecule has 0 bridgehead atoms. The predicted molar refractivity (Wildman–Crippen MR) is 91.2 cm³/mol. The average molecular weight is 435 g/mol. The third kappa shape index (κ3) is 5.39. The van der Waals surface area contributed by atoms with Crippen LogP contribution in [0.25, 0.3) is 16.9 Å². The first-order valence-corrected chi connectivity index (χ1v) is 8.32. The number of aromatic nitrogens is 2. The maximum atomic E-state index is 13.7. The van der Waals surface area contributed by atoms with E-state index in [1.807, 2.05) is 0 Å². The molecule has 0 spiro atoms. The van der Waals surface area contributed by atoms with Gasteiger partial charge in [-0.15, -0.1) is 13.2 Å². The van der Waals surface area contributed by atoms with Crippen molar-refractivity contribution in [2.24, 2.45) is 0 Å². The van der Waals surface area contributed by atoms with Crippen molar-refractivity contribution in [2.45, 2.75) is 25.4 Å². The number of nitrogens with zero attached hydrogens (tertiary/aromatic N) is 2. The number of halogens is 7. The quantitative estimate of drug-likeness (QED) is 0.552. The topological polar surface area (TPSA) is 55.6 Å². The van der Waals surface area contributed by atoms with Crippen LogP contribution in [0.4, 0.5) is 36.6 Å². The van der Waals surface area contributed by atoms with E-state index in [9.17, 15) is 35.5 Å². The molecule has 160 valence electrons. The number of rotatable bonds is 5. The van der Waals surface area contributed by atoms with Crippen LogP contribution in [-0.4, -0.2) is 27.8 Å². The molecule has 1 amide bonds. The minimum Gasteiger partial charge on any atom is -0.406 e. The number of carbonyl (C=O) groups is 1. The molecule has 30 heavy (non-hydrogen) atoms. The van der Waals surface area contributed by atoms with Crippen LogP contribution in [0.1, 0.15) is 12.8 Å². The van der Waals surface area contributed by atoms with Gasteiger partial charge in [-0.3, -0.25) is 9.20 Å². The van der Waals surface area contributed by atoms with Crippen molar-refractivity contribution in [3.8, 4) is 17.0 Å². The Morgan fingerprint density at radius 2 is 1.70 bits per heavy atom. The van der Waals surface area contributed by atoms with Gasteiger partial charge in [0.25, 0.3) is 0 Å². The summed E-state index contributed by atoms with van der Waals surface area (Å²) in [6, 6.07) is 6.77. The van der Waals surface area contributed by atoms with E-state index in [1.54, 1.807) is 0 Å². The Morgan fingerprint density at radius 3 is 2.30 bits per heavy atom. The Kier molecular flexibility index (Phi) is 5.59. The zero-order valence-electron chi connectivity index (χ0n) is 14.8. The summed E-state index contributed by atoms with van der Waals surface area (Å²) in [6.07, 6.45) is -10.6. The number of nitrogens with one attached hydrogen (secondary N) is 1. The monoisotopic (exact) mass is 435 g/mol. The van der Waals surface area contributed by atoms with Gasteiger partial charge >= 0.3 is 12.5 Å². The van der Waals surface area contributed by atoms with E-state index < -0.39 is 42.9 Å². The van der Waals surface area contributed by atoms with Crippen LogP contribution in [-0.2, 0) is 4.79 Å². The highest BCUT2D eigenvalue weighted by Crippen LogP contribution is 2.32. The van der Waals surface area contributed by atoms with Crippen molar-refractivity contribution in [3.05, 3.63) is 48.4 Å². The lowest BCUT2D eigenvalue weighted by Gasteiger charge is -2.11. The van der Waals surface area contributed by atoms with Crippen molar-refractivity contribution >= 4 is 17.4 Å². The molecule has 2 heterocycles. The molecule has 0 aliphatic heterocycles. The van der Waals surface area contributed by atoms with Gasteiger partial charge in [-0.1, -0.05) is 0 Å². The molecule has 3 aromatic rings. The van der Waals surface area contributed by atoms with Gasteiger partial charge in [-0.05, 0) is 36.4 Å². The van der Waals surface area contributed by atoms with Gasteiger partial charge in [0, 0.05) is 18.2 Å². The summed E-state index contributed by atoms with van der Waals surface area (Å²) in [5.74, 6) is -2.33. The van der Waals surface area contributed by atoms with Gasteiger partial charge in [0.2, 0.25) is 5.91 Å². The maximum absolute atomic E-state index is 13.7. The molecule has 0 atom stereocenters. The molecule has 0 radical (unpaired) electrons. The summed E-state index contributed by atoms with van der Waals surface area (Å²) >= 11 is 0. The van der Waals surface area contributed by atoms with Crippen LogP contribution < -0.4 is 10.1 Å². The summed E-state index contributed by atoms with van der Waals surface area (Å²) in [6.45, 7) is 0. The molecule has 0 saturated heterocycles. The molecule has 2 aromatic heterocycles. The Balaban J connectivity index is 1.96. The zero-order chi connectivity index (χ0) is 22.1. The van der Waals surface area contributed by atoms with Crippen LogP contribution in [0.15, 0.2) is 42.6 Å². The van der Waals surface area contributed by atoms with Gasteiger partial charge in [0.05, 0.1) is 12.1 Å². The number of anilines is 1. The molecule has 3 rings (SSSR count). The van der Waals surface area contributed by atoms with Gasteiger partial charge in [-0.2, -0.15) is 13.2 Å². The van der Waals surface area contributed by atoms with Gasteiger partial charge in [-0.25, -0.2) is 9.37 Å². The minimum atomic E-state index is -4.90. The average Bonchev–Trinajstić information content (AvgIpc) is 2.96. The second-order valence-corrected chi connectivity index (χ2v) is 6.12. The third-order valence-electron chi connectivity index (χ3n) is 3.84. The fourth-order valence-corrected chi connectivity index (χ4v) is 2.65. The lowest BCUT2D eigenvalue weighted by atomic mass is 10.1. The lowest BCUT2D eigenvalue weighted by Crippen LogP contribution is -2.17. The number of ether oxygens (including phenoxy) is 1. The SMILES string of the molecule is O=C(CCC(F)(F)F)Nc1nc2ccc(F)cn2c1-c1ccc(OC(F)(F)F)cc1. The van der Waals surface area contributed by atoms with Crippen molar-refractivity contribution in [1.82, 2.24) is 9.38 Å². The van der Waals surface area contributed by atoms with Crippen molar-refractivity contribution in [3.63, 3.8) is 0 Å².